The van der Waals surface area contributed by atoms with Crippen LogP contribution >= 0.6 is 11.6 Å². The summed E-state index contributed by atoms with van der Waals surface area (Å²) in [7, 11) is 0. The Bertz CT molecular complexity index is 841. The number of carbonyl (C=O) groups is 2. The highest BCUT2D eigenvalue weighted by Gasteiger charge is 2.22. The van der Waals surface area contributed by atoms with Gasteiger partial charge < -0.3 is 19.3 Å². The van der Waals surface area contributed by atoms with Gasteiger partial charge in [-0.15, -0.1) is 0 Å². The molecule has 1 aliphatic heterocycles. The van der Waals surface area contributed by atoms with Crippen molar-refractivity contribution in [2.45, 2.75) is 13.8 Å². The number of aryl methyl sites for hydroxylation is 2. The fourth-order valence-electron chi connectivity index (χ4n) is 3.38. The summed E-state index contributed by atoms with van der Waals surface area (Å²) in [4.78, 5) is 28.3. The zero-order chi connectivity index (χ0) is 20.8. The molecular weight excluding hydrogens is 392 g/mol. The summed E-state index contributed by atoms with van der Waals surface area (Å²) in [6.45, 7) is 5.90. The smallest absolute Gasteiger partial charge is 0.344 e. The van der Waals surface area contributed by atoms with Gasteiger partial charge in [-0.25, -0.2) is 4.79 Å². The highest BCUT2D eigenvalue weighted by Crippen LogP contribution is 2.27. The van der Waals surface area contributed by atoms with E-state index >= 15 is 0 Å². The third-order valence-corrected chi connectivity index (χ3v) is 5.09. The van der Waals surface area contributed by atoms with Crippen LogP contribution in [0.4, 0.5) is 5.69 Å². The Kier molecular flexibility index (Phi) is 6.99. The quantitative estimate of drug-likeness (QED) is 0.677. The van der Waals surface area contributed by atoms with Gasteiger partial charge in [0.1, 0.15) is 5.75 Å². The van der Waals surface area contributed by atoms with Gasteiger partial charge in [0.05, 0.1) is 0 Å². The van der Waals surface area contributed by atoms with Gasteiger partial charge in [-0.05, 0) is 49.2 Å². The molecule has 2 aromatic carbocycles. The lowest BCUT2D eigenvalue weighted by atomic mass is 10.1. The largest absolute Gasteiger partial charge is 0.481 e. The van der Waals surface area contributed by atoms with Crippen molar-refractivity contribution in [3.63, 3.8) is 0 Å². The molecule has 0 atom stereocenters. The number of piperazine rings is 1. The number of nitrogens with zero attached hydrogens (tertiary/aromatic N) is 2. The topological polar surface area (TPSA) is 59.1 Å². The van der Waals surface area contributed by atoms with Crippen molar-refractivity contribution in [1.82, 2.24) is 4.90 Å². The van der Waals surface area contributed by atoms with Crippen molar-refractivity contribution in [3.8, 4) is 5.75 Å². The molecule has 2 aromatic rings. The summed E-state index contributed by atoms with van der Waals surface area (Å²) in [5.41, 5.74) is 2.83. The molecule has 1 fully saturated rings. The molecule has 3 rings (SSSR count). The fourth-order valence-corrected chi connectivity index (χ4v) is 3.71. The standard InChI is InChI=1S/C22H25ClN2O4/c1-16-12-18(23)13-17(2)22(16)29-15-21(27)28-14-20(26)25-10-8-24(9-11-25)19-6-4-3-5-7-19/h3-7,12-13H,8-11,14-15H2,1-2H3. The molecule has 0 aromatic heterocycles. The van der Waals surface area contributed by atoms with Crippen LogP contribution in [0.25, 0.3) is 0 Å². The number of amides is 1. The van der Waals surface area contributed by atoms with Gasteiger partial charge >= 0.3 is 5.97 Å². The predicted molar refractivity (Wildman–Crippen MR) is 113 cm³/mol. The molecule has 0 spiro atoms. The Labute approximate surface area is 176 Å². The average molecular weight is 417 g/mol. The minimum atomic E-state index is -0.574. The normalized spacial score (nSPS) is 13.9. The predicted octanol–water partition coefficient (Wildman–Crippen LogP) is 3.23. The second-order valence-electron chi connectivity index (χ2n) is 7.02. The second-order valence-corrected chi connectivity index (χ2v) is 7.46. The maximum atomic E-state index is 12.3. The van der Waals surface area contributed by atoms with E-state index < -0.39 is 5.97 Å². The van der Waals surface area contributed by atoms with Gasteiger partial charge in [-0.1, -0.05) is 29.8 Å². The Morgan fingerprint density at radius 3 is 2.21 bits per heavy atom. The molecule has 29 heavy (non-hydrogen) atoms. The molecule has 0 aliphatic carbocycles. The number of benzene rings is 2. The molecule has 154 valence electrons. The van der Waals surface area contributed by atoms with Crippen molar-refractivity contribution in [3.05, 3.63) is 58.6 Å². The van der Waals surface area contributed by atoms with E-state index in [1.54, 1.807) is 17.0 Å². The molecule has 1 saturated heterocycles. The van der Waals surface area contributed by atoms with Crippen LogP contribution in [-0.2, 0) is 14.3 Å². The Balaban J connectivity index is 1.41. The van der Waals surface area contributed by atoms with Gasteiger partial charge in [-0.2, -0.15) is 0 Å². The van der Waals surface area contributed by atoms with Crippen molar-refractivity contribution in [2.24, 2.45) is 0 Å². The number of esters is 1. The maximum absolute atomic E-state index is 12.3. The molecule has 0 N–H and O–H groups in total. The van der Waals surface area contributed by atoms with Gasteiger partial charge in [-0.3, -0.25) is 4.79 Å². The van der Waals surface area contributed by atoms with Crippen LogP contribution in [0, 0.1) is 13.8 Å². The number of carbonyl (C=O) groups excluding carboxylic acids is 2. The molecule has 1 amide bonds. The highest BCUT2D eigenvalue weighted by atomic mass is 35.5. The van der Waals surface area contributed by atoms with Crippen molar-refractivity contribution in [2.75, 3.05) is 44.3 Å². The highest BCUT2D eigenvalue weighted by molar-refractivity contribution is 6.30. The minimum absolute atomic E-state index is 0.190. The second kappa shape index (κ2) is 9.65. The number of para-hydroxylation sites is 1. The van der Waals surface area contributed by atoms with E-state index in [0.29, 0.717) is 23.9 Å². The van der Waals surface area contributed by atoms with E-state index in [1.165, 1.54) is 0 Å². The van der Waals surface area contributed by atoms with Gasteiger partial charge in [0.25, 0.3) is 5.91 Å². The third-order valence-electron chi connectivity index (χ3n) is 4.87. The summed E-state index contributed by atoms with van der Waals surface area (Å²) < 4.78 is 10.7. The van der Waals surface area contributed by atoms with E-state index in [1.807, 2.05) is 32.0 Å². The SMILES string of the molecule is Cc1cc(Cl)cc(C)c1OCC(=O)OCC(=O)N1CCN(c2ccccc2)CC1. The number of hydrogen-bond donors (Lipinski definition) is 0. The van der Waals surface area contributed by atoms with Crippen LogP contribution in [-0.4, -0.2) is 56.2 Å². The summed E-state index contributed by atoms with van der Waals surface area (Å²) in [5.74, 6) is -0.158. The van der Waals surface area contributed by atoms with Gasteiger partial charge in [0.2, 0.25) is 0 Å². The van der Waals surface area contributed by atoms with Crippen LogP contribution in [0.5, 0.6) is 5.75 Å². The minimum Gasteiger partial charge on any atom is -0.481 e. The molecule has 0 radical (unpaired) electrons. The van der Waals surface area contributed by atoms with Gasteiger partial charge in [0.15, 0.2) is 13.2 Å². The molecule has 0 saturated carbocycles. The van der Waals surface area contributed by atoms with Gasteiger partial charge in [0, 0.05) is 36.9 Å². The van der Waals surface area contributed by atoms with Crippen molar-refractivity contribution < 1.29 is 19.1 Å². The molecule has 6 nitrogen and oxygen atoms in total. The first kappa shape index (κ1) is 21.0. The first-order chi connectivity index (χ1) is 13.9. The van der Waals surface area contributed by atoms with Crippen LogP contribution in [0.3, 0.4) is 0 Å². The van der Waals surface area contributed by atoms with Crippen molar-refractivity contribution >= 4 is 29.2 Å². The molecule has 1 heterocycles. The summed E-state index contributed by atoms with van der Waals surface area (Å²) in [6.07, 6.45) is 0. The lowest BCUT2D eigenvalue weighted by Crippen LogP contribution is -2.50. The monoisotopic (exact) mass is 416 g/mol. The lowest BCUT2D eigenvalue weighted by Gasteiger charge is -2.36. The van der Waals surface area contributed by atoms with Crippen molar-refractivity contribution in [1.29, 1.82) is 0 Å². The zero-order valence-electron chi connectivity index (χ0n) is 16.7. The van der Waals surface area contributed by atoms with Crippen LogP contribution in [0.1, 0.15) is 11.1 Å². The number of anilines is 1. The summed E-state index contributed by atoms with van der Waals surface area (Å²) in [5, 5.41) is 0.618. The fraction of sp³-hybridized carbons (Fsp3) is 0.364. The molecule has 0 unspecified atom stereocenters. The van der Waals surface area contributed by atoms with E-state index in [-0.39, 0.29) is 19.1 Å². The number of hydrogen-bond acceptors (Lipinski definition) is 5. The van der Waals surface area contributed by atoms with E-state index in [9.17, 15) is 9.59 Å². The van der Waals surface area contributed by atoms with Crippen LogP contribution in [0.15, 0.2) is 42.5 Å². The first-order valence-electron chi connectivity index (χ1n) is 9.57. The summed E-state index contributed by atoms with van der Waals surface area (Å²) in [6, 6.07) is 13.6. The average Bonchev–Trinajstić information content (AvgIpc) is 2.72. The van der Waals surface area contributed by atoms with E-state index in [0.717, 1.165) is 29.9 Å². The van der Waals surface area contributed by atoms with E-state index in [4.69, 9.17) is 21.1 Å². The molecule has 0 bridgehead atoms. The summed E-state index contributed by atoms with van der Waals surface area (Å²) >= 11 is 5.99. The first-order valence-corrected chi connectivity index (χ1v) is 9.95. The Morgan fingerprint density at radius 1 is 0.966 bits per heavy atom. The molecule has 7 heteroatoms. The molecular formula is C22H25ClN2O4. The Hall–Kier alpha value is -2.73. The number of ether oxygens (including phenoxy) is 2. The molecule has 1 aliphatic rings. The number of rotatable bonds is 6. The zero-order valence-corrected chi connectivity index (χ0v) is 17.4. The van der Waals surface area contributed by atoms with E-state index in [2.05, 4.69) is 17.0 Å². The van der Waals surface area contributed by atoms with Crippen LogP contribution in [0.2, 0.25) is 5.02 Å². The maximum Gasteiger partial charge on any atom is 0.344 e. The third kappa shape index (κ3) is 5.64. The lowest BCUT2D eigenvalue weighted by molar-refractivity contribution is -0.153. The van der Waals surface area contributed by atoms with Crippen LogP contribution < -0.4 is 9.64 Å². The number of halogens is 1. The Morgan fingerprint density at radius 2 is 1.59 bits per heavy atom.